The van der Waals surface area contributed by atoms with E-state index >= 15 is 0 Å². The van der Waals surface area contributed by atoms with Gasteiger partial charge in [0, 0.05) is 19.2 Å². The Morgan fingerprint density at radius 1 is 0.779 bits per heavy atom. The van der Waals surface area contributed by atoms with Crippen molar-refractivity contribution in [2.75, 3.05) is 59.9 Å². The SMILES string of the molecule is COCC(=O)N1C[C@H](NC(=O)c2cccc3ccccc23)C(=O)N(CC(=O)N[C@H](C=O)CC(=O)O)c2ccccc21.[B]C(=O)N[C@H]1CNc2ccccc2N(CC(=O)OCc2ccccc2)C1=O. The number of methoxy groups -OCH3 is 1. The number of anilines is 4. The lowest BCUT2D eigenvalue weighted by molar-refractivity contribution is -0.144. The lowest BCUT2D eigenvalue weighted by Gasteiger charge is -2.25. The number of benzene rings is 5. The first-order valence-corrected chi connectivity index (χ1v) is 21.1. The molecule has 2 aliphatic heterocycles. The van der Waals surface area contributed by atoms with Crippen molar-refractivity contribution >= 4 is 94.9 Å². The molecule has 0 spiro atoms. The van der Waals surface area contributed by atoms with Crippen LogP contribution in [0.1, 0.15) is 22.3 Å². The van der Waals surface area contributed by atoms with Crippen LogP contribution in [0.3, 0.4) is 0 Å². The van der Waals surface area contributed by atoms with Gasteiger partial charge in [-0.2, -0.15) is 0 Å². The minimum atomic E-state index is -1.31. The third kappa shape index (κ3) is 12.5. The quantitative estimate of drug-likeness (QED) is 0.0576. The van der Waals surface area contributed by atoms with E-state index in [0.29, 0.717) is 34.3 Å². The van der Waals surface area contributed by atoms with Crippen molar-refractivity contribution in [1.82, 2.24) is 16.0 Å². The second-order valence-electron chi connectivity index (χ2n) is 15.3. The average Bonchev–Trinajstić information content (AvgIpc) is 3.53. The Balaban J connectivity index is 0.000000244. The molecule has 0 fully saturated rings. The number of rotatable bonds is 15. The molecule has 0 aliphatic carbocycles. The van der Waals surface area contributed by atoms with Crippen LogP contribution in [0, 0.1) is 0 Å². The number of ether oxygens (including phenoxy) is 2. The Labute approximate surface area is 391 Å². The summed E-state index contributed by atoms with van der Waals surface area (Å²) in [6, 6.07) is 31.7. The second-order valence-corrected chi connectivity index (χ2v) is 15.3. The van der Waals surface area contributed by atoms with Gasteiger partial charge in [0.1, 0.15) is 44.7 Å². The molecule has 2 heterocycles. The highest BCUT2D eigenvalue weighted by atomic mass is 16.5. The first-order valence-electron chi connectivity index (χ1n) is 21.1. The van der Waals surface area contributed by atoms with Crippen molar-refractivity contribution in [2.45, 2.75) is 31.2 Å². The van der Waals surface area contributed by atoms with E-state index in [1.165, 1.54) is 23.0 Å². The van der Waals surface area contributed by atoms with Gasteiger partial charge < -0.3 is 45.5 Å². The molecule has 5 N–H and O–H groups in total. The topological polar surface area (TPSA) is 250 Å². The smallest absolute Gasteiger partial charge is 0.326 e. The number of aliphatic carboxylic acids is 1. The molecule has 2 aliphatic rings. The van der Waals surface area contributed by atoms with Crippen molar-refractivity contribution in [3.63, 3.8) is 0 Å². The van der Waals surface area contributed by atoms with Crippen molar-refractivity contribution in [3.8, 4) is 0 Å². The van der Waals surface area contributed by atoms with Gasteiger partial charge >= 0.3 is 11.9 Å². The number of nitrogens with one attached hydrogen (secondary N) is 4. The number of carboxylic acids is 1. The number of hydrogen-bond acceptors (Lipinski definition) is 12. The molecule has 5 aromatic rings. The minimum absolute atomic E-state index is 0.116. The zero-order valence-corrected chi connectivity index (χ0v) is 36.7. The van der Waals surface area contributed by atoms with Gasteiger partial charge in [-0.05, 0) is 46.7 Å². The molecule has 0 aromatic heterocycles. The highest BCUT2D eigenvalue weighted by Gasteiger charge is 2.38. The average molecular weight is 924 g/mol. The molecule has 0 bridgehead atoms. The van der Waals surface area contributed by atoms with Crippen molar-refractivity contribution < 1.29 is 57.7 Å². The number of para-hydroxylation sites is 4. The van der Waals surface area contributed by atoms with Crippen LogP contribution in [0.15, 0.2) is 121 Å². The third-order valence-electron chi connectivity index (χ3n) is 10.6. The van der Waals surface area contributed by atoms with Crippen molar-refractivity contribution in [2.24, 2.45) is 0 Å². The Kier molecular flexibility index (Phi) is 16.7. The molecule has 348 valence electrons. The molecular formula is C48H46BN7O12. The lowest BCUT2D eigenvalue weighted by Crippen LogP contribution is -2.55. The molecule has 0 saturated carbocycles. The standard InChI is InChI=1S/C29H28N4O8.C19H18BN3O4/c1-41-17-26(36)32-14-22(31-28(39)21-10-6-8-18-7-2-3-9-20(18)21)29(40)33(24-12-5-4-11-23(24)32)15-25(35)30-19(16-34)13-27(37)38;20-19(26)22-15-10-21-14-8-4-5-9-16(14)23(18(15)25)11-17(24)27-12-13-6-2-1-3-7-13/h2-12,16,19,22H,13-15,17H2,1H3,(H,30,35)(H,31,39)(H,37,38);1-9,15,21H,10-12H2,(H,22,26)/t19-,22-;15-/m00/s1. The first kappa shape index (κ1) is 49.1. The normalized spacial score (nSPS) is 15.6. The van der Waals surface area contributed by atoms with Crippen LogP contribution in [0.5, 0.6) is 0 Å². The first-order chi connectivity index (χ1) is 32.8. The highest BCUT2D eigenvalue weighted by molar-refractivity contribution is 6.57. The minimum Gasteiger partial charge on any atom is -0.481 e. The second kappa shape index (κ2) is 23.2. The van der Waals surface area contributed by atoms with Crippen LogP contribution in [-0.4, -0.2) is 125 Å². The van der Waals surface area contributed by atoms with Gasteiger partial charge in [-0.3, -0.25) is 48.2 Å². The summed E-state index contributed by atoms with van der Waals surface area (Å²) < 4.78 is 10.3. The van der Waals surface area contributed by atoms with E-state index in [1.54, 1.807) is 60.7 Å². The summed E-state index contributed by atoms with van der Waals surface area (Å²) in [5, 5.41) is 21.0. The Hall–Kier alpha value is -8.39. The molecule has 0 saturated heterocycles. The van der Waals surface area contributed by atoms with Gasteiger partial charge in [0.2, 0.25) is 13.8 Å². The van der Waals surface area contributed by atoms with Crippen molar-refractivity contribution in [3.05, 3.63) is 132 Å². The Bertz CT molecular complexity index is 2700. The number of carbonyl (C=O) groups excluding carboxylic acids is 8. The maximum Gasteiger partial charge on any atom is 0.326 e. The van der Waals surface area contributed by atoms with Gasteiger partial charge in [0.15, 0.2) is 5.81 Å². The van der Waals surface area contributed by atoms with Gasteiger partial charge in [-0.1, -0.05) is 91.0 Å². The van der Waals surface area contributed by atoms with Crippen LogP contribution < -0.4 is 36.0 Å². The van der Waals surface area contributed by atoms with Gasteiger partial charge in [0.05, 0.1) is 41.8 Å². The number of fused-ring (bicyclic) bond motifs is 3. The molecule has 3 atom stereocenters. The molecule has 7 rings (SSSR count). The summed E-state index contributed by atoms with van der Waals surface area (Å²) in [4.78, 5) is 116. The van der Waals surface area contributed by atoms with E-state index in [1.807, 2.05) is 54.6 Å². The fraction of sp³-hybridized carbons (Fsp3) is 0.229. The number of esters is 1. The van der Waals surface area contributed by atoms with Crippen LogP contribution in [-0.2, 0) is 49.6 Å². The number of carbonyl (C=O) groups is 9. The summed E-state index contributed by atoms with van der Waals surface area (Å²) in [6.07, 6.45) is -0.342. The van der Waals surface area contributed by atoms with E-state index in [-0.39, 0.29) is 38.5 Å². The molecule has 68 heavy (non-hydrogen) atoms. The number of nitrogens with zero attached hydrogens (tertiary/aromatic N) is 3. The maximum atomic E-state index is 13.9. The summed E-state index contributed by atoms with van der Waals surface area (Å²) in [6.45, 7) is -1.15. The van der Waals surface area contributed by atoms with Crippen LogP contribution >= 0.6 is 0 Å². The lowest BCUT2D eigenvalue weighted by atomic mass is 10.0. The fourth-order valence-corrected chi connectivity index (χ4v) is 7.50. The third-order valence-corrected chi connectivity index (χ3v) is 10.6. The molecule has 6 amide bonds. The van der Waals surface area contributed by atoms with Gasteiger partial charge in [-0.25, -0.2) is 0 Å². The summed E-state index contributed by atoms with van der Waals surface area (Å²) in [5.41, 5.74) is 2.89. The van der Waals surface area contributed by atoms with Gasteiger partial charge in [-0.15, -0.1) is 0 Å². The number of aldehydes is 1. The van der Waals surface area contributed by atoms with E-state index in [9.17, 15) is 43.2 Å². The van der Waals surface area contributed by atoms with E-state index in [2.05, 4.69) is 21.3 Å². The fourth-order valence-electron chi connectivity index (χ4n) is 7.50. The summed E-state index contributed by atoms with van der Waals surface area (Å²) in [5.74, 6) is -5.63. The summed E-state index contributed by atoms with van der Waals surface area (Å²) >= 11 is 0. The van der Waals surface area contributed by atoms with Crippen LogP contribution in [0.2, 0.25) is 0 Å². The molecule has 2 radical (unpaired) electrons. The number of hydrogen-bond donors (Lipinski definition) is 5. The zero-order chi connectivity index (χ0) is 48.7. The largest absolute Gasteiger partial charge is 0.481 e. The van der Waals surface area contributed by atoms with E-state index in [4.69, 9.17) is 22.4 Å². The number of carboxylic acid groups (broad SMARTS) is 1. The predicted molar refractivity (Wildman–Crippen MR) is 250 cm³/mol. The van der Waals surface area contributed by atoms with E-state index < -0.39 is 78.4 Å². The number of amides is 6. The van der Waals surface area contributed by atoms with E-state index in [0.717, 1.165) is 15.8 Å². The maximum absolute atomic E-state index is 13.9. The Morgan fingerprint density at radius 3 is 2.12 bits per heavy atom. The predicted octanol–water partition coefficient (Wildman–Crippen LogP) is 2.56. The monoisotopic (exact) mass is 923 g/mol. The highest BCUT2D eigenvalue weighted by Crippen LogP contribution is 2.33. The molecule has 20 heteroatoms. The van der Waals surface area contributed by atoms with Crippen LogP contribution in [0.4, 0.5) is 27.5 Å². The molecule has 19 nitrogen and oxygen atoms in total. The molecular weight excluding hydrogens is 877 g/mol. The molecule has 5 aromatic carbocycles. The van der Waals surface area contributed by atoms with Crippen molar-refractivity contribution in [1.29, 1.82) is 0 Å². The Morgan fingerprint density at radius 2 is 1.41 bits per heavy atom. The van der Waals surface area contributed by atoms with Gasteiger partial charge in [0.25, 0.3) is 23.6 Å². The molecule has 0 unspecified atom stereocenters. The summed E-state index contributed by atoms with van der Waals surface area (Å²) in [7, 11) is 6.51. The van der Waals surface area contributed by atoms with Crippen LogP contribution in [0.25, 0.3) is 10.8 Å². The zero-order valence-electron chi connectivity index (χ0n) is 36.7.